The van der Waals surface area contributed by atoms with Gasteiger partial charge in [0.1, 0.15) is 11.5 Å². The van der Waals surface area contributed by atoms with Crippen LogP contribution in [0.4, 0.5) is 0 Å². The van der Waals surface area contributed by atoms with E-state index >= 15 is 0 Å². The minimum Gasteiger partial charge on any atom is -0.460 e. The maximum Gasteiger partial charge on any atom is 0.255 e. The van der Waals surface area contributed by atoms with Crippen molar-refractivity contribution in [2.24, 2.45) is 0 Å². The predicted molar refractivity (Wildman–Crippen MR) is 94.7 cm³/mol. The zero-order valence-corrected chi connectivity index (χ0v) is 14.0. The molecule has 1 fully saturated rings. The normalized spacial score (nSPS) is 16.9. The number of amides is 1. The fourth-order valence-electron chi connectivity index (χ4n) is 3.04. The molecule has 3 heterocycles. The fourth-order valence-corrected chi connectivity index (χ4v) is 3.04. The van der Waals surface area contributed by atoms with Crippen molar-refractivity contribution >= 4 is 5.91 Å². The van der Waals surface area contributed by atoms with Crippen LogP contribution in [0.25, 0.3) is 17.1 Å². The second-order valence-electron chi connectivity index (χ2n) is 6.24. The third-order valence-electron chi connectivity index (χ3n) is 4.35. The van der Waals surface area contributed by atoms with Crippen molar-refractivity contribution in [1.29, 1.82) is 0 Å². The van der Waals surface area contributed by atoms with Gasteiger partial charge in [-0.25, -0.2) is 4.68 Å². The summed E-state index contributed by atoms with van der Waals surface area (Å²) in [7, 11) is 0. The van der Waals surface area contributed by atoms with Gasteiger partial charge in [0, 0.05) is 18.8 Å². The molecule has 2 aromatic heterocycles. The monoisotopic (exact) mass is 336 g/mol. The molecular weight excluding hydrogens is 316 g/mol. The molecule has 0 saturated carbocycles. The van der Waals surface area contributed by atoms with E-state index in [0.717, 1.165) is 31.0 Å². The van der Waals surface area contributed by atoms with Gasteiger partial charge in [0.2, 0.25) is 0 Å². The van der Waals surface area contributed by atoms with Gasteiger partial charge in [0.15, 0.2) is 5.76 Å². The molecule has 1 unspecified atom stereocenters. The fraction of sp³-hybridized carbons (Fsp3) is 0.263. The van der Waals surface area contributed by atoms with Crippen molar-refractivity contribution in [1.82, 2.24) is 20.4 Å². The standard InChI is InChI=1S/C19H20N4O2/c1-13-7-8-17(25-13)18-16(19(24)21-14-9-10-20-11-14)12-23(22-18)15-5-3-2-4-6-15/h2-8,12,14,20H,9-11H2,1H3,(H,21,24). The van der Waals surface area contributed by atoms with Gasteiger partial charge < -0.3 is 15.1 Å². The number of hydrogen-bond acceptors (Lipinski definition) is 4. The molecular formula is C19H20N4O2. The summed E-state index contributed by atoms with van der Waals surface area (Å²) in [6.07, 6.45) is 2.70. The van der Waals surface area contributed by atoms with Gasteiger partial charge in [-0.3, -0.25) is 4.79 Å². The number of carbonyl (C=O) groups is 1. The topological polar surface area (TPSA) is 72.1 Å². The van der Waals surface area contributed by atoms with Crippen LogP contribution < -0.4 is 10.6 Å². The third-order valence-corrected chi connectivity index (χ3v) is 4.35. The lowest BCUT2D eigenvalue weighted by molar-refractivity contribution is 0.0940. The van der Waals surface area contributed by atoms with Crippen molar-refractivity contribution in [3.63, 3.8) is 0 Å². The van der Waals surface area contributed by atoms with Crippen molar-refractivity contribution in [3.05, 3.63) is 60.0 Å². The Bertz CT molecular complexity index is 876. The molecule has 4 rings (SSSR count). The molecule has 1 aromatic carbocycles. The predicted octanol–water partition coefficient (Wildman–Crippen LogP) is 2.53. The summed E-state index contributed by atoms with van der Waals surface area (Å²) in [5.41, 5.74) is 1.97. The number of para-hydroxylation sites is 1. The van der Waals surface area contributed by atoms with Crippen LogP contribution >= 0.6 is 0 Å². The Balaban J connectivity index is 1.72. The van der Waals surface area contributed by atoms with Crippen LogP contribution in [-0.2, 0) is 0 Å². The van der Waals surface area contributed by atoms with E-state index in [4.69, 9.17) is 4.42 Å². The van der Waals surface area contributed by atoms with Gasteiger partial charge in [-0.1, -0.05) is 18.2 Å². The van der Waals surface area contributed by atoms with Crippen LogP contribution in [0.3, 0.4) is 0 Å². The SMILES string of the molecule is Cc1ccc(-c2nn(-c3ccccc3)cc2C(=O)NC2CCNC2)o1. The number of rotatable bonds is 4. The highest BCUT2D eigenvalue weighted by Gasteiger charge is 2.24. The Morgan fingerprint density at radius 3 is 2.80 bits per heavy atom. The quantitative estimate of drug-likeness (QED) is 0.768. The zero-order chi connectivity index (χ0) is 17.2. The van der Waals surface area contributed by atoms with Gasteiger partial charge in [-0.15, -0.1) is 0 Å². The van der Waals surface area contributed by atoms with E-state index in [1.165, 1.54) is 0 Å². The molecule has 1 amide bonds. The van der Waals surface area contributed by atoms with Gasteiger partial charge >= 0.3 is 0 Å². The second-order valence-corrected chi connectivity index (χ2v) is 6.24. The number of carbonyl (C=O) groups excluding carboxylic acids is 1. The molecule has 1 saturated heterocycles. The van der Waals surface area contributed by atoms with E-state index in [9.17, 15) is 4.79 Å². The average molecular weight is 336 g/mol. The first-order chi connectivity index (χ1) is 12.2. The van der Waals surface area contributed by atoms with Crippen molar-refractivity contribution in [2.45, 2.75) is 19.4 Å². The van der Waals surface area contributed by atoms with Crippen LogP contribution in [-0.4, -0.2) is 34.8 Å². The molecule has 6 nitrogen and oxygen atoms in total. The summed E-state index contributed by atoms with van der Waals surface area (Å²) < 4.78 is 7.43. The summed E-state index contributed by atoms with van der Waals surface area (Å²) >= 11 is 0. The van der Waals surface area contributed by atoms with Crippen LogP contribution in [0, 0.1) is 6.92 Å². The first-order valence-electron chi connectivity index (χ1n) is 8.44. The Hall–Kier alpha value is -2.86. The number of aromatic nitrogens is 2. The minimum absolute atomic E-state index is 0.125. The van der Waals surface area contributed by atoms with Gasteiger partial charge in [-0.2, -0.15) is 5.10 Å². The van der Waals surface area contributed by atoms with Crippen LogP contribution in [0.1, 0.15) is 22.5 Å². The molecule has 3 aromatic rings. The van der Waals surface area contributed by atoms with E-state index in [2.05, 4.69) is 15.7 Å². The summed E-state index contributed by atoms with van der Waals surface area (Å²) in [6.45, 7) is 3.61. The number of hydrogen-bond donors (Lipinski definition) is 2. The van der Waals surface area contributed by atoms with Gasteiger partial charge in [-0.05, 0) is 44.2 Å². The molecule has 1 aliphatic rings. The Kier molecular flexibility index (Phi) is 4.11. The number of furan rings is 1. The molecule has 6 heteroatoms. The number of benzene rings is 1. The van der Waals surface area contributed by atoms with Crippen LogP contribution in [0.2, 0.25) is 0 Å². The third kappa shape index (κ3) is 3.21. The Morgan fingerprint density at radius 1 is 1.28 bits per heavy atom. The molecule has 1 aliphatic heterocycles. The summed E-state index contributed by atoms with van der Waals surface area (Å²) in [5, 5.41) is 10.9. The van der Waals surface area contributed by atoms with E-state index in [1.54, 1.807) is 10.9 Å². The first kappa shape index (κ1) is 15.7. The highest BCUT2D eigenvalue weighted by molar-refractivity contribution is 5.99. The summed E-state index contributed by atoms with van der Waals surface area (Å²) in [4.78, 5) is 12.8. The zero-order valence-electron chi connectivity index (χ0n) is 14.0. The van der Waals surface area contributed by atoms with Crippen LogP contribution in [0.15, 0.2) is 53.1 Å². The summed E-state index contributed by atoms with van der Waals surface area (Å²) in [6, 6.07) is 13.6. The van der Waals surface area contributed by atoms with E-state index in [1.807, 2.05) is 49.4 Å². The van der Waals surface area contributed by atoms with Crippen molar-refractivity contribution in [3.8, 4) is 17.1 Å². The highest BCUT2D eigenvalue weighted by atomic mass is 16.3. The molecule has 128 valence electrons. The molecule has 0 bridgehead atoms. The lowest BCUT2D eigenvalue weighted by Gasteiger charge is -2.10. The molecule has 0 radical (unpaired) electrons. The first-order valence-corrected chi connectivity index (χ1v) is 8.44. The van der Waals surface area contributed by atoms with E-state index in [-0.39, 0.29) is 11.9 Å². The molecule has 0 spiro atoms. The minimum atomic E-state index is -0.125. The average Bonchev–Trinajstić information content (AvgIpc) is 3.35. The lowest BCUT2D eigenvalue weighted by atomic mass is 10.1. The second kappa shape index (κ2) is 6.57. The molecule has 25 heavy (non-hydrogen) atoms. The smallest absolute Gasteiger partial charge is 0.255 e. The number of nitrogens with one attached hydrogen (secondary N) is 2. The van der Waals surface area contributed by atoms with Crippen molar-refractivity contribution < 1.29 is 9.21 Å². The number of nitrogens with zero attached hydrogens (tertiary/aromatic N) is 2. The van der Waals surface area contributed by atoms with Crippen LogP contribution in [0.5, 0.6) is 0 Å². The van der Waals surface area contributed by atoms with E-state index in [0.29, 0.717) is 17.0 Å². The Labute approximate surface area is 145 Å². The molecule has 0 aliphatic carbocycles. The van der Waals surface area contributed by atoms with Gasteiger partial charge in [0.25, 0.3) is 5.91 Å². The maximum absolute atomic E-state index is 12.8. The highest BCUT2D eigenvalue weighted by Crippen LogP contribution is 2.26. The lowest BCUT2D eigenvalue weighted by Crippen LogP contribution is -2.36. The van der Waals surface area contributed by atoms with E-state index < -0.39 is 0 Å². The van der Waals surface area contributed by atoms with Crippen molar-refractivity contribution in [2.75, 3.05) is 13.1 Å². The Morgan fingerprint density at radius 2 is 2.12 bits per heavy atom. The largest absolute Gasteiger partial charge is 0.460 e. The summed E-state index contributed by atoms with van der Waals surface area (Å²) in [5.74, 6) is 1.26. The number of aryl methyl sites for hydroxylation is 1. The van der Waals surface area contributed by atoms with Gasteiger partial charge in [0.05, 0.1) is 11.3 Å². The maximum atomic E-state index is 12.8. The molecule has 1 atom stereocenters. The molecule has 2 N–H and O–H groups in total.